The maximum atomic E-state index is 10.6. The van der Waals surface area contributed by atoms with E-state index < -0.39 is 6.10 Å². The van der Waals surface area contributed by atoms with Gasteiger partial charge in [0.25, 0.3) is 0 Å². The molecule has 3 heteroatoms. The van der Waals surface area contributed by atoms with Crippen molar-refractivity contribution < 1.29 is 5.11 Å². The molecule has 0 aliphatic rings. The molecule has 18 heavy (non-hydrogen) atoms. The summed E-state index contributed by atoms with van der Waals surface area (Å²) in [6.07, 6.45) is -0.516. The zero-order valence-electron chi connectivity index (χ0n) is 10.3. The largest absolute Gasteiger partial charge is 0.384 e. The number of hydrogen-bond acceptors (Lipinski definition) is 3. The molecule has 3 rings (SSSR count). The van der Waals surface area contributed by atoms with Gasteiger partial charge < -0.3 is 5.11 Å². The highest BCUT2D eigenvalue weighted by molar-refractivity contribution is 7.17. The number of aliphatic hydroxyl groups excluding tert-OH is 1. The van der Waals surface area contributed by atoms with E-state index in [2.05, 4.69) is 37.4 Å². The summed E-state index contributed by atoms with van der Waals surface area (Å²) in [7, 11) is 0. The van der Waals surface area contributed by atoms with Gasteiger partial charge in [0.2, 0.25) is 0 Å². The Balaban J connectivity index is 2.14. The molecule has 92 valence electrons. The van der Waals surface area contributed by atoms with Crippen molar-refractivity contribution in [2.45, 2.75) is 20.0 Å². The summed E-state index contributed by atoms with van der Waals surface area (Å²) in [5.41, 5.74) is 2.06. The summed E-state index contributed by atoms with van der Waals surface area (Å²) in [5.74, 6) is 0. The minimum atomic E-state index is -0.516. The van der Waals surface area contributed by atoms with Crippen molar-refractivity contribution in [1.29, 1.82) is 0 Å². The maximum Gasteiger partial charge on any atom is 0.107 e. The SMILES string of the molecule is Cc1cc(C(O)c2cccc3ccsc23)c(C)s1. The van der Waals surface area contributed by atoms with Crippen molar-refractivity contribution in [3.8, 4) is 0 Å². The van der Waals surface area contributed by atoms with Gasteiger partial charge in [-0.25, -0.2) is 0 Å². The highest BCUT2D eigenvalue weighted by Gasteiger charge is 2.17. The fourth-order valence-electron chi connectivity index (χ4n) is 2.32. The molecule has 0 aliphatic heterocycles. The van der Waals surface area contributed by atoms with E-state index in [9.17, 15) is 5.11 Å². The predicted molar refractivity (Wildman–Crippen MR) is 79.7 cm³/mol. The van der Waals surface area contributed by atoms with E-state index in [1.54, 1.807) is 22.7 Å². The lowest BCUT2D eigenvalue weighted by Gasteiger charge is -2.12. The first kappa shape index (κ1) is 11.9. The Labute approximate surface area is 114 Å². The molecule has 0 amide bonds. The summed E-state index contributed by atoms with van der Waals surface area (Å²) >= 11 is 3.44. The summed E-state index contributed by atoms with van der Waals surface area (Å²) in [4.78, 5) is 2.45. The molecule has 2 heterocycles. The van der Waals surface area contributed by atoms with E-state index in [1.807, 2.05) is 12.1 Å². The number of benzene rings is 1. The van der Waals surface area contributed by atoms with Crippen LogP contribution in [0.2, 0.25) is 0 Å². The normalized spacial score (nSPS) is 13.1. The lowest BCUT2D eigenvalue weighted by atomic mass is 10.0. The number of hydrogen-bond donors (Lipinski definition) is 1. The Morgan fingerprint density at radius 1 is 1.11 bits per heavy atom. The number of fused-ring (bicyclic) bond motifs is 1. The minimum Gasteiger partial charge on any atom is -0.384 e. The molecule has 1 unspecified atom stereocenters. The third kappa shape index (κ3) is 1.88. The van der Waals surface area contributed by atoms with Gasteiger partial charge >= 0.3 is 0 Å². The van der Waals surface area contributed by atoms with Gasteiger partial charge in [0.15, 0.2) is 0 Å². The second kappa shape index (κ2) is 4.50. The van der Waals surface area contributed by atoms with Crippen LogP contribution in [0.5, 0.6) is 0 Å². The highest BCUT2D eigenvalue weighted by atomic mass is 32.1. The smallest absolute Gasteiger partial charge is 0.107 e. The summed E-state index contributed by atoms with van der Waals surface area (Å²) in [6.45, 7) is 4.16. The van der Waals surface area contributed by atoms with E-state index in [0.29, 0.717) is 0 Å². The number of rotatable bonds is 2. The molecule has 0 fully saturated rings. The first-order valence-corrected chi connectivity index (χ1v) is 7.57. The molecule has 0 aliphatic carbocycles. The van der Waals surface area contributed by atoms with Crippen molar-refractivity contribution in [3.63, 3.8) is 0 Å². The molecule has 0 bridgehead atoms. The number of aryl methyl sites for hydroxylation is 2. The second-order valence-electron chi connectivity index (χ2n) is 4.46. The van der Waals surface area contributed by atoms with Crippen LogP contribution in [0.3, 0.4) is 0 Å². The lowest BCUT2D eigenvalue weighted by molar-refractivity contribution is 0.222. The van der Waals surface area contributed by atoms with Crippen LogP contribution in [0, 0.1) is 13.8 Å². The predicted octanol–water partition coefficient (Wildman–Crippen LogP) is 4.66. The maximum absolute atomic E-state index is 10.6. The molecule has 1 N–H and O–H groups in total. The van der Waals surface area contributed by atoms with E-state index in [4.69, 9.17) is 0 Å². The molecular formula is C15H14OS2. The number of aliphatic hydroxyl groups is 1. The van der Waals surface area contributed by atoms with E-state index >= 15 is 0 Å². The van der Waals surface area contributed by atoms with Gasteiger partial charge in [-0.05, 0) is 42.3 Å². The Hall–Kier alpha value is -1.16. The minimum absolute atomic E-state index is 0.516. The molecule has 1 aromatic carbocycles. The van der Waals surface area contributed by atoms with Crippen molar-refractivity contribution in [3.05, 3.63) is 56.6 Å². The van der Waals surface area contributed by atoms with Crippen molar-refractivity contribution in [2.75, 3.05) is 0 Å². The zero-order chi connectivity index (χ0) is 12.7. The van der Waals surface area contributed by atoms with Crippen LogP contribution < -0.4 is 0 Å². The Bertz CT molecular complexity index is 693. The molecular weight excluding hydrogens is 260 g/mol. The molecule has 0 radical (unpaired) electrons. The van der Waals surface area contributed by atoms with Crippen LogP contribution in [0.25, 0.3) is 10.1 Å². The molecule has 0 saturated carbocycles. The van der Waals surface area contributed by atoms with Crippen molar-refractivity contribution >= 4 is 32.8 Å². The van der Waals surface area contributed by atoms with Crippen LogP contribution in [0.4, 0.5) is 0 Å². The van der Waals surface area contributed by atoms with Crippen molar-refractivity contribution in [1.82, 2.24) is 0 Å². The fraction of sp³-hybridized carbons (Fsp3) is 0.200. The monoisotopic (exact) mass is 274 g/mol. The van der Waals surface area contributed by atoms with Crippen LogP contribution in [0.15, 0.2) is 35.7 Å². The third-order valence-electron chi connectivity index (χ3n) is 3.18. The zero-order valence-corrected chi connectivity index (χ0v) is 11.9. The first-order chi connectivity index (χ1) is 8.66. The molecule has 3 aromatic rings. The summed E-state index contributed by atoms with van der Waals surface area (Å²) in [6, 6.07) is 10.3. The number of thiophene rings is 2. The van der Waals surface area contributed by atoms with Crippen LogP contribution >= 0.6 is 22.7 Å². The average molecular weight is 274 g/mol. The summed E-state index contributed by atoms with van der Waals surface area (Å²) in [5, 5.41) is 13.9. The quantitative estimate of drug-likeness (QED) is 0.720. The van der Waals surface area contributed by atoms with Gasteiger partial charge in [-0.15, -0.1) is 22.7 Å². The second-order valence-corrected chi connectivity index (χ2v) is 6.83. The molecule has 2 aromatic heterocycles. The third-order valence-corrected chi connectivity index (χ3v) is 5.14. The first-order valence-electron chi connectivity index (χ1n) is 5.88. The Morgan fingerprint density at radius 2 is 1.94 bits per heavy atom. The van der Waals surface area contributed by atoms with Crippen molar-refractivity contribution in [2.24, 2.45) is 0 Å². The van der Waals surface area contributed by atoms with Gasteiger partial charge in [-0.3, -0.25) is 0 Å². The van der Waals surface area contributed by atoms with Gasteiger partial charge in [0, 0.05) is 20.0 Å². The van der Waals surface area contributed by atoms with Crippen LogP contribution in [-0.4, -0.2) is 5.11 Å². The van der Waals surface area contributed by atoms with E-state index in [-0.39, 0.29) is 0 Å². The topological polar surface area (TPSA) is 20.2 Å². The highest BCUT2D eigenvalue weighted by Crippen LogP contribution is 2.35. The Morgan fingerprint density at radius 3 is 2.67 bits per heavy atom. The van der Waals surface area contributed by atoms with Gasteiger partial charge in [0.1, 0.15) is 6.10 Å². The van der Waals surface area contributed by atoms with Gasteiger partial charge in [-0.2, -0.15) is 0 Å². The summed E-state index contributed by atoms with van der Waals surface area (Å²) < 4.78 is 1.19. The fourth-order valence-corrected chi connectivity index (χ4v) is 4.22. The standard InChI is InChI=1S/C15H14OS2/c1-9-8-13(10(2)18-9)14(16)12-5-3-4-11-6-7-17-15(11)12/h3-8,14,16H,1-2H3. The lowest BCUT2D eigenvalue weighted by Crippen LogP contribution is -1.99. The molecule has 0 saturated heterocycles. The van der Waals surface area contributed by atoms with E-state index in [1.165, 1.54) is 19.8 Å². The molecule has 1 nitrogen and oxygen atoms in total. The van der Waals surface area contributed by atoms with Gasteiger partial charge in [0.05, 0.1) is 0 Å². The van der Waals surface area contributed by atoms with Crippen LogP contribution in [0.1, 0.15) is 27.0 Å². The Kier molecular flexibility index (Phi) is 2.98. The van der Waals surface area contributed by atoms with Crippen LogP contribution in [-0.2, 0) is 0 Å². The van der Waals surface area contributed by atoms with E-state index in [0.717, 1.165) is 11.1 Å². The van der Waals surface area contributed by atoms with Gasteiger partial charge in [-0.1, -0.05) is 18.2 Å². The average Bonchev–Trinajstić information content (AvgIpc) is 2.94. The molecule has 0 spiro atoms. The molecule has 1 atom stereocenters.